The molecule has 4 heterocycles. The average Bonchev–Trinajstić information content (AvgIpc) is 3.45. The maximum absolute atomic E-state index is 13.2. The molecule has 4 aromatic rings. The third-order valence-corrected chi connectivity index (χ3v) is 6.34. The molecule has 188 valence electrons. The highest BCUT2D eigenvalue weighted by molar-refractivity contribution is 7.18. The van der Waals surface area contributed by atoms with Gasteiger partial charge >= 0.3 is 18.2 Å². The van der Waals surface area contributed by atoms with Crippen molar-refractivity contribution in [3.05, 3.63) is 46.9 Å². The monoisotopic (exact) mass is 520 g/mol. The Morgan fingerprint density at radius 1 is 1.11 bits per heavy atom. The molecule has 0 amide bonds. The molecule has 0 atom stereocenters. The number of nitrogens with zero attached hydrogens (tertiary/aromatic N) is 6. The minimum atomic E-state index is -4.57. The van der Waals surface area contributed by atoms with Crippen LogP contribution in [-0.2, 0) is 28.8 Å². The summed E-state index contributed by atoms with van der Waals surface area (Å²) in [5.41, 5.74) is 0. The standard InChI is InChI=1S/C22H19F3N6O4S/c1-12-9-15-18(30-7-8-31-16(10-30)28-29-20(31)22(23,24)25)26-21(27-19(15)36-12)35-14-5-3-13(4-6-14)34-11-17(32)33-2/h3-6,9H,7-8,10-11H2,1-2H3. The van der Waals surface area contributed by atoms with Crippen LogP contribution in [0, 0.1) is 6.92 Å². The molecule has 0 saturated carbocycles. The second-order valence-corrected chi connectivity index (χ2v) is 9.09. The van der Waals surface area contributed by atoms with Crippen LogP contribution in [0.1, 0.15) is 16.5 Å². The summed E-state index contributed by atoms with van der Waals surface area (Å²) in [4.78, 5) is 23.9. The smallest absolute Gasteiger partial charge is 0.451 e. The van der Waals surface area contributed by atoms with Gasteiger partial charge in [0.1, 0.15) is 22.1 Å². The van der Waals surface area contributed by atoms with Crippen LogP contribution in [0.2, 0.25) is 0 Å². The number of anilines is 1. The van der Waals surface area contributed by atoms with Gasteiger partial charge in [-0.1, -0.05) is 0 Å². The fourth-order valence-corrected chi connectivity index (χ4v) is 4.62. The highest BCUT2D eigenvalue weighted by atomic mass is 32.1. The number of aryl methyl sites for hydroxylation is 1. The maximum atomic E-state index is 13.2. The van der Waals surface area contributed by atoms with Gasteiger partial charge in [0.2, 0.25) is 5.82 Å². The van der Waals surface area contributed by atoms with Crippen molar-refractivity contribution in [2.45, 2.75) is 26.2 Å². The summed E-state index contributed by atoms with van der Waals surface area (Å²) < 4.78 is 56.5. The third-order valence-electron chi connectivity index (χ3n) is 5.40. The van der Waals surface area contributed by atoms with E-state index < -0.39 is 18.0 Å². The molecule has 0 saturated heterocycles. The Hall–Kier alpha value is -3.94. The summed E-state index contributed by atoms with van der Waals surface area (Å²) in [7, 11) is 1.28. The van der Waals surface area contributed by atoms with Gasteiger partial charge in [-0.2, -0.15) is 23.1 Å². The second-order valence-electron chi connectivity index (χ2n) is 7.85. The summed E-state index contributed by atoms with van der Waals surface area (Å²) >= 11 is 1.46. The highest BCUT2D eigenvalue weighted by Crippen LogP contribution is 2.36. The van der Waals surface area contributed by atoms with Crippen LogP contribution in [0.25, 0.3) is 10.2 Å². The van der Waals surface area contributed by atoms with Crippen molar-refractivity contribution in [1.29, 1.82) is 0 Å². The molecular formula is C22H19F3N6O4S. The molecule has 0 N–H and O–H groups in total. The predicted octanol–water partition coefficient (Wildman–Crippen LogP) is 3.97. The van der Waals surface area contributed by atoms with Gasteiger partial charge in [-0.25, -0.2) is 4.79 Å². The number of benzene rings is 1. The van der Waals surface area contributed by atoms with Crippen LogP contribution in [-0.4, -0.2) is 51.0 Å². The zero-order valence-corrected chi connectivity index (χ0v) is 19.9. The molecule has 1 aliphatic rings. The number of halogens is 3. The number of methoxy groups -OCH3 is 1. The SMILES string of the molecule is COC(=O)COc1ccc(Oc2nc(N3CCn4c(nnc4C(F)(F)F)C3)c3cc(C)sc3n2)cc1. The Bertz CT molecular complexity index is 1420. The summed E-state index contributed by atoms with van der Waals surface area (Å²) in [6, 6.07) is 8.56. The quantitative estimate of drug-likeness (QED) is 0.349. The Morgan fingerprint density at radius 3 is 2.58 bits per heavy atom. The molecule has 0 aliphatic carbocycles. The molecule has 0 fully saturated rings. The second kappa shape index (κ2) is 9.26. The number of esters is 1. The number of hydrogen-bond acceptors (Lipinski definition) is 10. The number of carbonyl (C=O) groups is 1. The van der Waals surface area contributed by atoms with Crippen molar-refractivity contribution >= 4 is 33.3 Å². The van der Waals surface area contributed by atoms with Crippen LogP contribution >= 0.6 is 11.3 Å². The Morgan fingerprint density at radius 2 is 1.86 bits per heavy atom. The van der Waals surface area contributed by atoms with Crippen LogP contribution in [0.5, 0.6) is 17.5 Å². The van der Waals surface area contributed by atoms with Gasteiger partial charge in [-0.05, 0) is 37.3 Å². The largest absolute Gasteiger partial charge is 0.482 e. The number of rotatable bonds is 6. The van der Waals surface area contributed by atoms with Gasteiger partial charge < -0.3 is 23.7 Å². The lowest BCUT2D eigenvalue weighted by atomic mass is 10.3. The fourth-order valence-electron chi connectivity index (χ4n) is 3.75. The molecule has 3 aromatic heterocycles. The summed E-state index contributed by atoms with van der Waals surface area (Å²) in [6.45, 7) is 2.17. The molecule has 36 heavy (non-hydrogen) atoms. The van der Waals surface area contributed by atoms with Crippen molar-refractivity contribution in [2.75, 3.05) is 25.2 Å². The average molecular weight is 520 g/mol. The summed E-state index contributed by atoms with van der Waals surface area (Å²) in [6.07, 6.45) is -4.57. The van der Waals surface area contributed by atoms with E-state index in [2.05, 4.69) is 24.9 Å². The van der Waals surface area contributed by atoms with Gasteiger partial charge in [-0.3, -0.25) is 0 Å². The first-order valence-electron chi connectivity index (χ1n) is 10.7. The van der Waals surface area contributed by atoms with E-state index in [-0.39, 0.29) is 38.1 Å². The normalized spacial score (nSPS) is 13.5. The lowest BCUT2D eigenvalue weighted by Gasteiger charge is -2.29. The zero-order chi connectivity index (χ0) is 25.4. The zero-order valence-electron chi connectivity index (χ0n) is 19.1. The Balaban J connectivity index is 1.40. The minimum absolute atomic E-state index is 0.0645. The van der Waals surface area contributed by atoms with E-state index in [1.165, 1.54) is 18.4 Å². The first kappa shape index (κ1) is 23.8. The van der Waals surface area contributed by atoms with E-state index in [1.54, 1.807) is 24.3 Å². The Kier molecular flexibility index (Phi) is 6.12. The fraction of sp³-hybridized carbons (Fsp3) is 0.318. The van der Waals surface area contributed by atoms with Gasteiger partial charge in [0.05, 0.1) is 19.0 Å². The maximum Gasteiger partial charge on any atom is 0.451 e. The third kappa shape index (κ3) is 4.76. The molecule has 0 spiro atoms. The van der Waals surface area contributed by atoms with E-state index in [0.29, 0.717) is 22.1 Å². The number of hydrogen-bond donors (Lipinski definition) is 0. The molecular weight excluding hydrogens is 501 g/mol. The molecule has 1 aromatic carbocycles. The number of carbonyl (C=O) groups excluding carboxylic acids is 1. The number of thiophene rings is 1. The van der Waals surface area contributed by atoms with Crippen LogP contribution in [0.15, 0.2) is 30.3 Å². The lowest BCUT2D eigenvalue weighted by molar-refractivity contribution is -0.147. The molecule has 1 aliphatic heterocycles. The number of aromatic nitrogens is 5. The van der Waals surface area contributed by atoms with Crippen molar-refractivity contribution in [3.8, 4) is 17.5 Å². The van der Waals surface area contributed by atoms with Crippen LogP contribution in [0.4, 0.5) is 19.0 Å². The topological polar surface area (TPSA) is 104 Å². The number of fused-ring (bicyclic) bond motifs is 2. The van der Waals surface area contributed by atoms with Crippen molar-refractivity contribution in [3.63, 3.8) is 0 Å². The van der Waals surface area contributed by atoms with Crippen LogP contribution < -0.4 is 14.4 Å². The molecule has 0 radical (unpaired) electrons. The first-order chi connectivity index (χ1) is 17.2. The van der Waals surface area contributed by atoms with E-state index >= 15 is 0 Å². The van der Waals surface area contributed by atoms with Gasteiger partial charge in [0, 0.05) is 18.0 Å². The minimum Gasteiger partial charge on any atom is -0.482 e. The summed E-state index contributed by atoms with van der Waals surface area (Å²) in [5, 5.41) is 7.87. The molecule has 0 bridgehead atoms. The highest BCUT2D eigenvalue weighted by Gasteiger charge is 2.39. The first-order valence-corrected chi connectivity index (χ1v) is 11.5. The molecule has 10 nitrogen and oxygen atoms in total. The van der Waals surface area contributed by atoms with Gasteiger partial charge in [0.15, 0.2) is 12.4 Å². The van der Waals surface area contributed by atoms with Crippen molar-refractivity contribution in [1.82, 2.24) is 24.7 Å². The van der Waals surface area contributed by atoms with Crippen LogP contribution in [0.3, 0.4) is 0 Å². The molecule has 5 rings (SSSR count). The van der Waals surface area contributed by atoms with Crippen molar-refractivity contribution in [2.24, 2.45) is 0 Å². The van der Waals surface area contributed by atoms with Gasteiger partial charge in [0.25, 0.3) is 0 Å². The van der Waals surface area contributed by atoms with Gasteiger partial charge in [-0.15, -0.1) is 21.5 Å². The Labute approximate surface area is 206 Å². The van der Waals surface area contributed by atoms with Crippen molar-refractivity contribution < 1.29 is 32.2 Å². The van der Waals surface area contributed by atoms with E-state index in [1.807, 2.05) is 17.9 Å². The molecule has 14 heteroatoms. The molecule has 0 unspecified atom stereocenters. The summed E-state index contributed by atoms with van der Waals surface area (Å²) in [5.74, 6) is 0.139. The van der Waals surface area contributed by atoms with E-state index in [0.717, 1.165) is 14.8 Å². The van der Waals surface area contributed by atoms with E-state index in [4.69, 9.17) is 9.47 Å². The van der Waals surface area contributed by atoms with E-state index in [9.17, 15) is 18.0 Å². The number of ether oxygens (including phenoxy) is 3. The lowest BCUT2D eigenvalue weighted by Crippen LogP contribution is -2.36. The predicted molar refractivity (Wildman–Crippen MR) is 122 cm³/mol. The number of alkyl halides is 3.